The average molecular weight is 437 g/mol. The molecule has 0 aliphatic heterocycles. The lowest BCUT2D eigenvalue weighted by Gasteiger charge is -2.07. The van der Waals surface area contributed by atoms with Crippen LogP contribution in [0.1, 0.15) is 10.6 Å². The van der Waals surface area contributed by atoms with Crippen LogP contribution >= 0.6 is 0 Å². The predicted molar refractivity (Wildman–Crippen MR) is 111 cm³/mol. The lowest BCUT2D eigenvalue weighted by Crippen LogP contribution is -2.16. The molecule has 2 aromatic heterocycles. The molecule has 156 valence electrons. The summed E-state index contributed by atoms with van der Waals surface area (Å²) >= 11 is 0. The average Bonchev–Trinajstić information content (AvgIpc) is 3.17. The molecule has 0 bridgehead atoms. The van der Waals surface area contributed by atoms with Crippen molar-refractivity contribution in [2.24, 2.45) is 0 Å². The predicted octanol–water partition coefficient (Wildman–Crippen LogP) is 1.40. The van der Waals surface area contributed by atoms with Gasteiger partial charge in [0.05, 0.1) is 10.6 Å². The van der Waals surface area contributed by atoms with E-state index in [2.05, 4.69) is 30.1 Å². The van der Waals surface area contributed by atoms with Crippen molar-refractivity contribution in [3.8, 4) is 5.69 Å². The molecule has 12 heteroatoms. The van der Waals surface area contributed by atoms with Crippen molar-refractivity contribution in [2.75, 3.05) is 10.0 Å². The minimum atomic E-state index is -3.89. The smallest absolute Gasteiger partial charge is 0.319 e. The molecule has 2 heterocycles. The quantitative estimate of drug-likeness (QED) is 0.412. The summed E-state index contributed by atoms with van der Waals surface area (Å²) in [4.78, 5) is 34.5. The van der Waals surface area contributed by atoms with E-state index in [0.29, 0.717) is 11.4 Å². The van der Waals surface area contributed by atoms with E-state index in [1.807, 2.05) is 0 Å². The van der Waals surface area contributed by atoms with E-state index in [1.54, 1.807) is 36.4 Å². The SMILES string of the molecule is O=C(Nc1ccc(S(=O)(=O)Nc2ncccn2)cc1)c1nn(-c2ccccc2)c(=O)[nH]1. The van der Waals surface area contributed by atoms with Crippen LogP contribution in [-0.2, 0) is 10.0 Å². The first-order valence-electron chi connectivity index (χ1n) is 8.88. The fraction of sp³-hybridized carbons (Fsp3) is 0. The molecule has 0 saturated heterocycles. The Balaban J connectivity index is 1.48. The number of hydrogen-bond donors (Lipinski definition) is 3. The number of H-pyrrole nitrogens is 1. The van der Waals surface area contributed by atoms with Gasteiger partial charge in [-0.15, -0.1) is 5.10 Å². The van der Waals surface area contributed by atoms with Gasteiger partial charge >= 0.3 is 5.69 Å². The lowest BCUT2D eigenvalue weighted by atomic mass is 10.3. The zero-order valence-electron chi connectivity index (χ0n) is 15.8. The fourth-order valence-corrected chi connectivity index (χ4v) is 3.57. The maximum atomic E-state index is 12.4. The van der Waals surface area contributed by atoms with E-state index in [4.69, 9.17) is 0 Å². The summed E-state index contributed by atoms with van der Waals surface area (Å²) in [7, 11) is -3.89. The second-order valence-corrected chi connectivity index (χ2v) is 7.86. The number of hydrogen-bond acceptors (Lipinski definition) is 7. The summed E-state index contributed by atoms with van der Waals surface area (Å²) in [5, 5.41) is 6.55. The van der Waals surface area contributed by atoms with Crippen molar-refractivity contribution in [2.45, 2.75) is 4.90 Å². The van der Waals surface area contributed by atoms with Crippen LogP contribution in [0, 0.1) is 0 Å². The number of amides is 1. The summed E-state index contributed by atoms with van der Waals surface area (Å²) < 4.78 is 28.1. The second kappa shape index (κ2) is 8.20. The monoisotopic (exact) mass is 437 g/mol. The van der Waals surface area contributed by atoms with Crippen LogP contribution in [0.3, 0.4) is 0 Å². The summed E-state index contributed by atoms with van der Waals surface area (Å²) in [6, 6.07) is 15.6. The number of rotatable bonds is 6. The van der Waals surface area contributed by atoms with E-state index < -0.39 is 21.6 Å². The van der Waals surface area contributed by atoms with E-state index in [9.17, 15) is 18.0 Å². The molecule has 0 fully saturated rings. The third kappa shape index (κ3) is 4.48. The van der Waals surface area contributed by atoms with Gasteiger partial charge in [-0.25, -0.2) is 27.9 Å². The Hall–Kier alpha value is -4.32. The Labute approximate surface area is 175 Å². The van der Waals surface area contributed by atoms with Crippen molar-refractivity contribution in [3.63, 3.8) is 0 Å². The standard InChI is InChI=1S/C19H15N7O4S/c27-17(16-23-19(28)26(24-16)14-5-2-1-3-6-14)22-13-7-9-15(10-8-13)31(29,30)25-18-20-11-4-12-21-18/h1-12H,(H,22,27)(H,20,21,25)(H,23,24,28). The molecule has 0 radical (unpaired) electrons. The highest BCUT2D eigenvalue weighted by Crippen LogP contribution is 2.16. The van der Waals surface area contributed by atoms with Crippen LogP contribution in [0.4, 0.5) is 11.6 Å². The number of carbonyl (C=O) groups excluding carboxylic acids is 1. The molecular weight excluding hydrogens is 422 g/mol. The second-order valence-electron chi connectivity index (χ2n) is 6.18. The maximum Gasteiger partial charge on any atom is 0.348 e. The summed E-state index contributed by atoms with van der Waals surface area (Å²) in [5.74, 6) is -0.899. The van der Waals surface area contributed by atoms with Gasteiger partial charge in [-0.2, -0.15) is 4.68 Å². The highest BCUT2D eigenvalue weighted by molar-refractivity contribution is 7.92. The van der Waals surface area contributed by atoms with Crippen LogP contribution in [0.25, 0.3) is 5.69 Å². The van der Waals surface area contributed by atoms with Gasteiger partial charge in [0.15, 0.2) is 0 Å². The van der Waals surface area contributed by atoms with E-state index in [1.165, 1.54) is 36.7 Å². The molecule has 0 aliphatic rings. The zero-order chi connectivity index (χ0) is 21.8. The van der Waals surface area contributed by atoms with Gasteiger partial charge in [0.25, 0.3) is 15.9 Å². The van der Waals surface area contributed by atoms with E-state index in [-0.39, 0.29) is 16.7 Å². The van der Waals surface area contributed by atoms with Gasteiger partial charge in [0.2, 0.25) is 11.8 Å². The normalized spacial score (nSPS) is 11.1. The first kappa shape index (κ1) is 20.0. The lowest BCUT2D eigenvalue weighted by molar-refractivity contribution is 0.101. The number of benzene rings is 2. The third-order valence-electron chi connectivity index (χ3n) is 4.05. The molecule has 1 amide bonds. The molecule has 0 spiro atoms. The zero-order valence-corrected chi connectivity index (χ0v) is 16.6. The number of nitrogens with zero attached hydrogens (tertiary/aromatic N) is 4. The summed E-state index contributed by atoms with van der Waals surface area (Å²) in [6.45, 7) is 0. The van der Waals surface area contributed by atoms with Gasteiger partial charge in [0.1, 0.15) is 0 Å². The Morgan fingerprint density at radius 2 is 1.61 bits per heavy atom. The minimum Gasteiger partial charge on any atom is -0.319 e. The number of aromatic amines is 1. The minimum absolute atomic E-state index is 0.0419. The molecule has 0 saturated carbocycles. The fourth-order valence-electron chi connectivity index (χ4n) is 2.61. The maximum absolute atomic E-state index is 12.4. The van der Waals surface area contributed by atoms with Crippen LogP contribution in [-0.4, -0.2) is 39.1 Å². The third-order valence-corrected chi connectivity index (χ3v) is 5.39. The van der Waals surface area contributed by atoms with Gasteiger partial charge in [0, 0.05) is 18.1 Å². The van der Waals surface area contributed by atoms with Gasteiger partial charge in [-0.1, -0.05) is 18.2 Å². The van der Waals surface area contributed by atoms with E-state index >= 15 is 0 Å². The summed E-state index contributed by atoms with van der Waals surface area (Å²) in [6.07, 6.45) is 2.82. The Kier molecular flexibility index (Phi) is 5.28. The molecule has 0 atom stereocenters. The van der Waals surface area contributed by atoms with Crippen molar-refractivity contribution < 1.29 is 13.2 Å². The van der Waals surface area contributed by atoms with E-state index in [0.717, 1.165) is 4.68 Å². The number of para-hydroxylation sites is 1. The van der Waals surface area contributed by atoms with Crippen LogP contribution in [0.15, 0.2) is 82.7 Å². The van der Waals surface area contributed by atoms with Gasteiger partial charge in [-0.3, -0.25) is 9.78 Å². The highest BCUT2D eigenvalue weighted by Gasteiger charge is 2.17. The molecule has 0 unspecified atom stereocenters. The number of aromatic nitrogens is 5. The molecule has 4 aromatic rings. The number of nitrogens with one attached hydrogen (secondary N) is 3. The Morgan fingerprint density at radius 1 is 0.935 bits per heavy atom. The van der Waals surface area contributed by atoms with Crippen molar-refractivity contribution >= 4 is 27.6 Å². The molecular formula is C19H15N7O4S. The molecule has 4 rings (SSSR count). The van der Waals surface area contributed by atoms with Crippen molar-refractivity contribution in [3.05, 3.63) is 89.4 Å². The Bertz CT molecular complexity index is 1370. The van der Waals surface area contributed by atoms with Gasteiger partial charge < -0.3 is 5.32 Å². The molecule has 2 aromatic carbocycles. The Morgan fingerprint density at radius 3 is 2.29 bits per heavy atom. The number of carbonyl (C=O) groups is 1. The molecule has 31 heavy (non-hydrogen) atoms. The molecule has 0 aliphatic carbocycles. The largest absolute Gasteiger partial charge is 0.348 e. The number of sulfonamides is 1. The number of anilines is 2. The first-order chi connectivity index (χ1) is 14.9. The highest BCUT2D eigenvalue weighted by atomic mass is 32.2. The summed E-state index contributed by atoms with van der Waals surface area (Å²) in [5.41, 5.74) is 0.259. The molecule has 3 N–H and O–H groups in total. The first-order valence-corrected chi connectivity index (χ1v) is 10.4. The van der Waals surface area contributed by atoms with Crippen LogP contribution in [0.5, 0.6) is 0 Å². The molecule has 11 nitrogen and oxygen atoms in total. The van der Waals surface area contributed by atoms with Gasteiger partial charge in [-0.05, 0) is 42.5 Å². The van der Waals surface area contributed by atoms with Crippen LogP contribution < -0.4 is 15.7 Å². The van der Waals surface area contributed by atoms with Crippen molar-refractivity contribution in [1.82, 2.24) is 24.7 Å². The topological polar surface area (TPSA) is 152 Å². The van der Waals surface area contributed by atoms with Crippen LogP contribution in [0.2, 0.25) is 0 Å². The van der Waals surface area contributed by atoms with Crippen molar-refractivity contribution in [1.29, 1.82) is 0 Å².